The molecule has 0 aromatic heterocycles. The van der Waals surface area contributed by atoms with E-state index in [9.17, 15) is 4.79 Å². The minimum Gasteiger partial charge on any atom is -0.473 e. The maximum absolute atomic E-state index is 11.9. The Morgan fingerprint density at radius 1 is 1.32 bits per heavy atom. The summed E-state index contributed by atoms with van der Waals surface area (Å²) in [6.45, 7) is 7.59. The molecule has 4 rings (SSSR count). The number of hydrogen-bond donors (Lipinski definition) is 1. The zero-order valence-corrected chi connectivity index (χ0v) is 15.1. The third-order valence-electron chi connectivity index (χ3n) is 6.88. The smallest absolute Gasteiger partial charge is 0.407 e. The number of carbonyl (C=O) groups excluding carboxylic acids is 1. The summed E-state index contributed by atoms with van der Waals surface area (Å²) in [5, 5.41) is 2.75. The fourth-order valence-corrected chi connectivity index (χ4v) is 4.97. The third kappa shape index (κ3) is 2.52. The standard InChI is InChI=1S/C20H26N2O3/c1-19(2)14-9-10-20(19,3)17-16(14)22-15(25-17)11-21-18(23)24-12-13-7-5-4-6-8-13/h4-8,14,16-17H,9-12H2,1-3H3,(H,21,23)/t14-,16-,17-,20+/m1/s1. The van der Waals surface area contributed by atoms with E-state index >= 15 is 0 Å². The predicted molar refractivity (Wildman–Crippen MR) is 95.3 cm³/mol. The molecule has 2 saturated carbocycles. The number of fused-ring (bicyclic) bond motifs is 5. The number of rotatable bonds is 4. The largest absolute Gasteiger partial charge is 0.473 e. The number of ether oxygens (including phenoxy) is 2. The van der Waals surface area contributed by atoms with Gasteiger partial charge in [-0.15, -0.1) is 0 Å². The Morgan fingerprint density at radius 2 is 2.08 bits per heavy atom. The number of nitrogens with one attached hydrogen (secondary N) is 1. The third-order valence-corrected chi connectivity index (χ3v) is 6.88. The lowest BCUT2D eigenvalue weighted by molar-refractivity contribution is 0.0269. The summed E-state index contributed by atoms with van der Waals surface area (Å²) >= 11 is 0. The molecule has 3 aliphatic rings. The summed E-state index contributed by atoms with van der Waals surface area (Å²) in [6.07, 6.45) is 2.12. The molecule has 2 aliphatic carbocycles. The van der Waals surface area contributed by atoms with Crippen LogP contribution < -0.4 is 5.32 Å². The highest BCUT2D eigenvalue weighted by molar-refractivity contribution is 5.84. The molecule has 1 aromatic rings. The first-order valence-electron chi connectivity index (χ1n) is 9.10. The Balaban J connectivity index is 1.31. The van der Waals surface area contributed by atoms with E-state index in [4.69, 9.17) is 14.5 Å². The van der Waals surface area contributed by atoms with Gasteiger partial charge < -0.3 is 14.8 Å². The van der Waals surface area contributed by atoms with Crippen LogP contribution in [0.25, 0.3) is 0 Å². The van der Waals surface area contributed by atoms with Gasteiger partial charge in [0, 0.05) is 5.41 Å². The minimum atomic E-state index is -0.443. The molecular formula is C20H26N2O3. The van der Waals surface area contributed by atoms with Crippen molar-refractivity contribution >= 4 is 12.0 Å². The number of amides is 1. The zero-order valence-electron chi connectivity index (χ0n) is 15.1. The van der Waals surface area contributed by atoms with E-state index in [1.165, 1.54) is 12.8 Å². The Hall–Kier alpha value is -2.04. The Morgan fingerprint density at radius 3 is 2.80 bits per heavy atom. The highest BCUT2D eigenvalue weighted by Crippen LogP contribution is 2.67. The summed E-state index contributed by atoms with van der Waals surface area (Å²) < 4.78 is 11.4. The lowest BCUT2D eigenvalue weighted by Gasteiger charge is -2.37. The fourth-order valence-electron chi connectivity index (χ4n) is 4.97. The highest BCUT2D eigenvalue weighted by atomic mass is 16.5. The summed E-state index contributed by atoms with van der Waals surface area (Å²) in [5.74, 6) is 1.21. The molecule has 0 spiro atoms. The van der Waals surface area contributed by atoms with Gasteiger partial charge in [-0.05, 0) is 29.7 Å². The lowest BCUT2D eigenvalue weighted by atomic mass is 9.70. The maximum Gasteiger partial charge on any atom is 0.407 e. The first-order valence-corrected chi connectivity index (χ1v) is 9.10. The van der Waals surface area contributed by atoms with Crippen molar-refractivity contribution < 1.29 is 14.3 Å². The van der Waals surface area contributed by atoms with Crippen LogP contribution in [0.3, 0.4) is 0 Å². The molecule has 0 unspecified atom stereocenters. The molecule has 1 heterocycles. The van der Waals surface area contributed by atoms with Crippen molar-refractivity contribution in [1.82, 2.24) is 5.32 Å². The van der Waals surface area contributed by atoms with Gasteiger partial charge in [-0.2, -0.15) is 0 Å². The zero-order chi connectivity index (χ0) is 17.7. The van der Waals surface area contributed by atoms with Crippen molar-refractivity contribution in [3.63, 3.8) is 0 Å². The highest BCUT2D eigenvalue weighted by Gasteiger charge is 2.69. The molecule has 25 heavy (non-hydrogen) atoms. The van der Waals surface area contributed by atoms with Crippen LogP contribution in [0.4, 0.5) is 4.79 Å². The van der Waals surface area contributed by atoms with E-state index in [1.54, 1.807) is 0 Å². The monoisotopic (exact) mass is 342 g/mol. The maximum atomic E-state index is 11.9. The van der Waals surface area contributed by atoms with Crippen LogP contribution in [0, 0.1) is 16.7 Å². The summed E-state index contributed by atoms with van der Waals surface area (Å²) in [5.41, 5.74) is 1.40. The predicted octanol–water partition coefficient (Wildman–Crippen LogP) is 3.53. The number of carbonyl (C=O) groups is 1. The SMILES string of the molecule is CC1(C)[C@@H]2CC[C@@]1(C)[C@@H]1OC(CNC(=O)OCc3ccccc3)=N[C@H]21. The van der Waals surface area contributed by atoms with Gasteiger partial charge in [-0.1, -0.05) is 51.1 Å². The van der Waals surface area contributed by atoms with Gasteiger partial charge in [0.25, 0.3) is 0 Å². The molecule has 1 amide bonds. The molecule has 134 valence electrons. The number of hydrogen-bond acceptors (Lipinski definition) is 4. The van der Waals surface area contributed by atoms with Gasteiger partial charge in [-0.3, -0.25) is 0 Å². The molecule has 2 bridgehead atoms. The van der Waals surface area contributed by atoms with Gasteiger partial charge in [0.15, 0.2) is 0 Å². The Kier molecular flexibility index (Phi) is 3.78. The first-order chi connectivity index (χ1) is 11.9. The first kappa shape index (κ1) is 16.4. The second-order valence-electron chi connectivity index (χ2n) is 8.25. The molecule has 1 N–H and O–H groups in total. The molecule has 4 atom stereocenters. The van der Waals surface area contributed by atoms with Crippen LogP contribution in [-0.4, -0.2) is 30.7 Å². The molecule has 5 nitrogen and oxygen atoms in total. The van der Waals surface area contributed by atoms with Crippen molar-refractivity contribution in [2.24, 2.45) is 21.7 Å². The van der Waals surface area contributed by atoms with Crippen LogP contribution in [0.5, 0.6) is 0 Å². The Bertz CT molecular complexity index is 700. The van der Waals surface area contributed by atoms with Gasteiger partial charge in [0.2, 0.25) is 5.90 Å². The quantitative estimate of drug-likeness (QED) is 0.910. The molecule has 1 aromatic carbocycles. The van der Waals surface area contributed by atoms with E-state index < -0.39 is 6.09 Å². The van der Waals surface area contributed by atoms with Crippen LogP contribution in [-0.2, 0) is 16.1 Å². The Labute approximate surface area is 148 Å². The summed E-state index contributed by atoms with van der Waals surface area (Å²) in [7, 11) is 0. The van der Waals surface area contributed by atoms with Crippen molar-refractivity contribution in [3.8, 4) is 0 Å². The van der Waals surface area contributed by atoms with Crippen LogP contribution in [0.2, 0.25) is 0 Å². The van der Waals surface area contributed by atoms with E-state index in [1.807, 2.05) is 30.3 Å². The van der Waals surface area contributed by atoms with E-state index in [0.717, 1.165) is 5.56 Å². The number of nitrogens with zero attached hydrogens (tertiary/aromatic N) is 1. The van der Waals surface area contributed by atoms with Gasteiger partial charge in [-0.25, -0.2) is 9.79 Å². The number of alkyl carbamates (subject to hydrolysis) is 1. The van der Waals surface area contributed by atoms with E-state index in [-0.39, 0.29) is 29.6 Å². The van der Waals surface area contributed by atoms with Gasteiger partial charge >= 0.3 is 6.09 Å². The molecule has 5 heteroatoms. The van der Waals surface area contributed by atoms with E-state index in [0.29, 0.717) is 18.4 Å². The molecule has 0 saturated heterocycles. The second-order valence-corrected chi connectivity index (χ2v) is 8.25. The molecule has 0 radical (unpaired) electrons. The number of aliphatic imine (C=N–C) groups is 1. The topological polar surface area (TPSA) is 59.9 Å². The summed E-state index contributed by atoms with van der Waals surface area (Å²) in [6, 6.07) is 9.88. The fraction of sp³-hybridized carbons (Fsp3) is 0.600. The lowest BCUT2D eigenvalue weighted by Crippen LogP contribution is -2.40. The molecular weight excluding hydrogens is 316 g/mol. The van der Waals surface area contributed by atoms with Crippen LogP contribution in [0.15, 0.2) is 35.3 Å². The minimum absolute atomic E-state index is 0.151. The van der Waals surface area contributed by atoms with Crippen molar-refractivity contribution in [2.45, 2.75) is 52.4 Å². The average Bonchev–Trinajstić information content (AvgIpc) is 3.17. The van der Waals surface area contributed by atoms with Crippen molar-refractivity contribution in [3.05, 3.63) is 35.9 Å². The molecule has 1 aliphatic heterocycles. The van der Waals surface area contributed by atoms with E-state index in [2.05, 4.69) is 26.1 Å². The van der Waals surface area contributed by atoms with Crippen LogP contribution in [0.1, 0.15) is 39.2 Å². The summed E-state index contributed by atoms with van der Waals surface area (Å²) in [4.78, 5) is 16.7. The molecule has 2 fully saturated rings. The second kappa shape index (κ2) is 5.75. The van der Waals surface area contributed by atoms with Crippen molar-refractivity contribution in [2.75, 3.05) is 6.54 Å². The van der Waals surface area contributed by atoms with Crippen LogP contribution >= 0.6 is 0 Å². The number of benzene rings is 1. The van der Waals surface area contributed by atoms with Gasteiger partial charge in [0.1, 0.15) is 12.7 Å². The average molecular weight is 342 g/mol. The van der Waals surface area contributed by atoms with Gasteiger partial charge in [0.05, 0.1) is 12.6 Å². The normalized spacial score (nSPS) is 34.2. The van der Waals surface area contributed by atoms with Crippen molar-refractivity contribution in [1.29, 1.82) is 0 Å².